The average Bonchev–Trinajstić information content (AvgIpc) is 2.39. The predicted octanol–water partition coefficient (Wildman–Crippen LogP) is 3.72. The fourth-order valence-corrected chi connectivity index (χ4v) is 2.24. The van der Waals surface area contributed by atoms with Crippen molar-refractivity contribution in [2.24, 2.45) is 0 Å². The monoisotopic (exact) mass is 280 g/mol. The summed E-state index contributed by atoms with van der Waals surface area (Å²) < 4.78 is 39.3. The summed E-state index contributed by atoms with van der Waals surface area (Å²) in [5.74, 6) is 0. The van der Waals surface area contributed by atoms with Gasteiger partial charge in [0.25, 0.3) is 0 Å². The standard InChI is InChI=1S/C15H15F3N2/c1-10-7-11(9-20-8-10)14(19-2)12-5-3-4-6-13(12)15(16,17)18/h3-9,14,19H,1-2H3. The minimum Gasteiger partial charge on any atom is -0.309 e. The highest BCUT2D eigenvalue weighted by atomic mass is 19.4. The van der Waals surface area contributed by atoms with Crippen LogP contribution < -0.4 is 5.32 Å². The van der Waals surface area contributed by atoms with Crippen molar-refractivity contribution in [2.75, 3.05) is 7.05 Å². The molecular weight excluding hydrogens is 265 g/mol. The molecule has 0 bridgehead atoms. The Morgan fingerprint density at radius 1 is 1.15 bits per heavy atom. The van der Waals surface area contributed by atoms with E-state index in [0.29, 0.717) is 5.56 Å². The van der Waals surface area contributed by atoms with E-state index in [1.807, 2.05) is 13.0 Å². The smallest absolute Gasteiger partial charge is 0.309 e. The van der Waals surface area contributed by atoms with Gasteiger partial charge in [0.1, 0.15) is 0 Å². The molecule has 1 atom stereocenters. The highest BCUT2D eigenvalue weighted by molar-refractivity contribution is 5.38. The third kappa shape index (κ3) is 2.99. The minimum absolute atomic E-state index is 0.204. The van der Waals surface area contributed by atoms with Gasteiger partial charge in [0.15, 0.2) is 0 Å². The van der Waals surface area contributed by atoms with Gasteiger partial charge in [-0.3, -0.25) is 4.98 Å². The first kappa shape index (κ1) is 14.5. The highest BCUT2D eigenvalue weighted by Crippen LogP contribution is 2.36. The molecule has 0 aliphatic carbocycles. The zero-order valence-corrected chi connectivity index (χ0v) is 11.2. The van der Waals surface area contributed by atoms with Crippen LogP contribution in [0.2, 0.25) is 0 Å². The highest BCUT2D eigenvalue weighted by Gasteiger charge is 2.35. The molecule has 0 amide bonds. The summed E-state index contributed by atoms with van der Waals surface area (Å²) in [7, 11) is 1.64. The number of hydrogen-bond donors (Lipinski definition) is 1. The van der Waals surface area contributed by atoms with Crippen molar-refractivity contribution in [2.45, 2.75) is 19.1 Å². The molecule has 1 unspecified atom stereocenters. The van der Waals surface area contributed by atoms with Crippen LogP contribution in [0, 0.1) is 6.92 Å². The van der Waals surface area contributed by atoms with Gasteiger partial charge in [-0.2, -0.15) is 13.2 Å². The maximum atomic E-state index is 13.1. The van der Waals surface area contributed by atoms with Gasteiger partial charge in [-0.1, -0.05) is 24.3 Å². The molecule has 0 saturated carbocycles. The van der Waals surface area contributed by atoms with Gasteiger partial charge in [-0.25, -0.2) is 0 Å². The summed E-state index contributed by atoms with van der Waals surface area (Å²) >= 11 is 0. The van der Waals surface area contributed by atoms with E-state index in [1.165, 1.54) is 12.1 Å². The summed E-state index contributed by atoms with van der Waals surface area (Å²) in [5.41, 5.74) is 1.20. The van der Waals surface area contributed by atoms with E-state index in [4.69, 9.17) is 0 Å². The Labute approximate surface area is 115 Å². The molecule has 2 nitrogen and oxygen atoms in total. The van der Waals surface area contributed by atoms with Crippen molar-refractivity contribution in [3.8, 4) is 0 Å². The van der Waals surface area contributed by atoms with E-state index < -0.39 is 17.8 Å². The summed E-state index contributed by atoms with van der Waals surface area (Å²) in [5, 5.41) is 2.93. The van der Waals surface area contributed by atoms with E-state index in [2.05, 4.69) is 10.3 Å². The van der Waals surface area contributed by atoms with Crippen LogP contribution in [-0.4, -0.2) is 12.0 Å². The molecule has 1 aromatic heterocycles. The molecule has 20 heavy (non-hydrogen) atoms. The Hall–Kier alpha value is -1.88. The van der Waals surface area contributed by atoms with Crippen LogP contribution in [0.5, 0.6) is 0 Å². The number of aryl methyl sites for hydroxylation is 1. The summed E-state index contributed by atoms with van der Waals surface area (Å²) in [6.45, 7) is 1.86. The van der Waals surface area contributed by atoms with E-state index >= 15 is 0 Å². The minimum atomic E-state index is -4.37. The van der Waals surface area contributed by atoms with Crippen LogP contribution in [0.4, 0.5) is 13.2 Å². The second kappa shape index (κ2) is 5.63. The Morgan fingerprint density at radius 2 is 1.85 bits per heavy atom. The van der Waals surface area contributed by atoms with E-state index in [-0.39, 0.29) is 5.56 Å². The lowest BCUT2D eigenvalue weighted by atomic mass is 9.94. The topological polar surface area (TPSA) is 24.9 Å². The van der Waals surface area contributed by atoms with Crippen molar-refractivity contribution in [3.63, 3.8) is 0 Å². The molecule has 0 fully saturated rings. The Balaban J connectivity index is 2.53. The molecule has 1 heterocycles. The number of rotatable bonds is 3. The third-order valence-corrected chi connectivity index (χ3v) is 3.10. The molecule has 5 heteroatoms. The van der Waals surface area contributed by atoms with Gasteiger partial charge < -0.3 is 5.32 Å². The number of alkyl halides is 3. The lowest BCUT2D eigenvalue weighted by Gasteiger charge is -2.21. The molecule has 0 radical (unpaired) electrons. The van der Waals surface area contributed by atoms with Crippen LogP contribution in [0.25, 0.3) is 0 Å². The Kier molecular flexibility index (Phi) is 4.09. The lowest BCUT2D eigenvalue weighted by molar-refractivity contribution is -0.138. The Morgan fingerprint density at radius 3 is 2.45 bits per heavy atom. The largest absolute Gasteiger partial charge is 0.416 e. The molecule has 1 aromatic carbocycles. The van der Waals surface area contributed by atoms with Crippen molar-refractivity contribution < 1.29 is 13.2 Å². The molecule has 0 spiro atoms. The van der Waals surface area contributed by atoms with Crippen molar-refractivity contribution in [1.29, 1.82) is 0 Å². The molecule has 2 aromatic rings. The Bertz CT molecular complexity index is 594. The normalized spacial score (nSPS) is 13.2. The first-order valence-electron chi connectivity index (χ1n) is 6.18. The summed E-state index contributed by atoms with van der Waals surface area (Å²) in [6, 6.07) is 6.89. The van der Waals surface area contributed by atoms with E-state index in [1.54, 1.807) is 25.5 Å². The number of aromatic nitrogens is 1. The zero-order valence-electron chi connectivity index (χ0n) is 11.2. The number of benzene rings is 1. The van der Waals surface area contributed by atoms with E-state index in [0.717, 1.165) is 11.6 Å². The van der Waals surface area contributed by atoms with Gasteiger partial charge in [0.05, 0.1) is 11.6 Å². The molecule has 2 rings (SSSR count). The summed E-state index contributed by atoms with van der Waals surface area (Å²) in [6.07, 6.45) is -1.11. The molecular formula is C15H15F3N2. The molecule has 0 aliphatic heterocycles. The van der Waals surface area contributed by atoms with Crippen LogP contribution in [0.1, 0.15) is 28.3 Å². The molecule has 0 aliphatic rings. The maximum Gasteiger partial charge on any atom is 0.416 e. The first-order valence-corrected chi connectivity index (χ1v) is 6.18. The maximum absolute atomic E-state index is 13.1. The zero-order chi connectivity index (χ0) is 14.8. The molecule has 1 N–H and O–H groups in total. The number of nitrogens with one attached hydrogen (secondary N) is 1. The van der Waals surface area contributed by atoms with E-state index in [9.17, 15) is 13.2 Å². The first-order chi connectivity index (χ1) is 9.43. The van der Waals surface area contributed by atoms with Crippen molar-refractivity contribution in [1.82, 2.24) is 10.3 Å². The number of halogens is 3. The van der Waals surface area contributed by atoms with Gasteiger partial charge in [-0.05, 0) is 36.7 Å². The quantitative estimate of drug-likeness (QED) is 0.927. The van der Waals surface area contributed by atoms with Gasteiger partial charge in [-0.15, -0.1) is 0 Å². The van der Waals surface area contributed by atoms with Crippen LogP contribution >= 0.6 is 0 Å². The molecule has 0 saturated heterocycles. The van der Waals surface area contributed by atoms with Crippen molar-refractivity contribution in [3.05, 3.63) is 65.0 Å². The SMILES string of the molecule is CNC(c1cncc(C)c1)c1ccccc1C(F)(F)F. The third-order valence-electron chi connectivity index (χ3n) is 3.10. The average molecular weight is 280 g/mol. The van der Waals surface area contributed by atoms with Crippen LogP contribution in [0.3, 0.4) is 0 Å². The number of pyridine rings is 1. The second-order valence-electron chi connectivity index (χ2n) is 4.60. The fourth-order valence-electron chi connectivity index (χ4n) is 2.24. The van der Waals surface area contributed by atoms with Crippen molar-refractivity contribution >= 4 is 0 Å². The second-order valence-corrected chi connectivity index (χ2v) is 4.60. The van der Waals surface area contributed by atoms with Gasteiger partial charge in [0.2, 0.25) is 0 Å². The predicted molar refractivity (Wildman–Crippen MR) is 71.3 cm³/mol. The lowest BCUT2D eigenvalue weighted by Crippen LogP contribution is -2.22. The number of hydrogen-bond acceptors (Lipinski definition) is 2. The summed E-state index contributed by atoms with van der Waals surface area (Å²) in [4.78, 5) is 4.05. The van der Waals surface area contributed by atoms with Crippen LogP contribution in [0.15, 0.2) is 42.7 Å². The van der Waals surface area contributed by atoms with Gasteiger partial charge >= 0.3 is 6.18 Å². The van der Waals surface area contributed by atoms with Gasteiger partial charge in [0, 0.05) is 12.4 Å². The number of nitrogens with zero attached hydrogens (tertiary/aromatic N) is 1. The molecule has 106 valence electrons. The fraction of sp³-hybridized carbons (Fsp3) is 0.267. The van der Waals surface area contributed by atoms with Crippen LogP contribution in [-0.2, 0) is 6.18 Å².